The third-order valence-electron chi connectivity index (χ3n) is 3.44. The minimum absolute atomic E-state index is 0.156. The number of hydrogen-bond acceptors (Lipinski definition) is 4. The lowest BCUT2D eigenvalue weighted by Crippen LogP contribution is -2.20. The molecule has 2 aromatic rings. The minimum atomic E-state index is -0.571. The lowest BCUT2D eigenvalue weighted by atomic mass is 10.1. The fourth-order valence-electron chi connectivity index (χ4n) is 2.20. The molecule has 0 aliphatic carbocycles. The molecule has 0 atom stereocenters. The maximum Gasteiger partial charge on any atom is 0.339 e. The number of methoxy groups -OCH3 is 1. The molecule has 0 heterocycles. The fourth-order valence-corrected chi connectivity index (χ4v) is 2.63. The molecule has 2 aromatic carbocycles. The van der Waals surface area contributed by atoms with E-state index in [2.05, 4.69) is 26.0 Å². The van der Waals surface area contributed by atoms with Crippen LogP contribution in [0.3, 0.4) is 0 Å². The molecule has 0 saturated carbocycles. The van der Waals surface area contributed by atoms with Gasteiger partial charge in [0.1, 0.15) is 5.75 Å². The van der Waals surface area contributed by atoms with Crippen molar-refractivity contribution in [2.24, 2.45) is 0 Å². The average molecular weight is 427 g/mol. The second-order valence-electron chi connectivity index (χ2n) is 5.39. The number of aryl methyl sites for hydroxylation is 2. The molecule has 0 spiro atoms. The third-order valence-corrected chi connectivity index (χ3v) is 5.02. The standard InChI is InChI=1S/C18H17BrClNO4/c1-10-6-13(7-11(2)17(10)19)25-9-16(22)21-12-4-5-15(20)14(8-12)18(23)24-3/h4-8H,9H2,1-3H3,(H,21,22). The molecular weight excluding hydrogens is 410 g/mol. The molecule has 132 valence electrons. The second kappa shape index (κ2) is 8.36. The van der Waals surface area contributed by atoms with E-state index in [-0.39, 0.29) is 23.1 Å². The van der Waals surface area contributed by atoms with Crippen LogP contribution in [-0.2, 0) is 9.53 Å². The van der Waals surface area contributed by atoms with Crippen LogP contribution >= 0.6 is 27.5 Å². The Labute approximate surface area is 159 Å². The number of anilines is 1. The van der Waals surface area contributed by atoms with Crippen molar-refractivity contribution in [1.82, 2.24) is 0 Å². The summed E-state index contributed by atoms with van der Waals surface area (Å²) in [5, 5.41) is 2.91. The number of nitrogens with one attached hydrogen (secondary N) is 1. The minimum Gasteiger partial charge on any atom is -0.484 e. The van der Waals surface area contributed by atoms with Crippen LogP contribution in [0.4, 0.5) is 5.69 Å². The summed E-state index contributed by atoms with van der Waals surface area (Å²) >= 11 is 9.43. The number of carbonyl (C=O) groups is 2. The SMILES string of the molecule is COC(=O)c1cc(NC(=O)COc2cc(C)c(Br)c(C)c2)ccc1Cl. The van der Waals surface area contributed by atoms with Gasteiger partial charge in [0.05, 0.1) is 17.7 Å². The van der Waals surface area contributed by atoms with Crippen molar-refractivity contribution < 1.29 is 19.1 Å². The van der Waals surface area contributed by atoms with Gasteiger partial charge in [-0.15, -0.1) is 0 Å². The lowest BCUT2D eigenvalue weighted by molar-refractivity contribution is -0.118. The topological polar surface area (TPSA) is 64.6 Å². The van der Waals surface area contributed by atoms with Crippen molar-refractivity contribution in [2.45, 2.75) is 13.8 Å². The highest BCUT2D eigenvalue weighted by Gasteiger charge is 2.13. The van der Waals surface area contributed by atoms with E-state index in [9.17, 15) is 9.59 Å². The number of rotatable bonds is 5. The van der Waals surface area contributed by atoms with Crippen LogP contribution in [0.5, 0.6) is 5.75 Å². The molecule has 0 saturated heterocycles. The molecule has 0 aliphatic rings. The van der Waals surface area contributed by atoms with Gasteiger partial charge in [0.25, 0.3) is 5.91 Å². The van der Waals surface area contributed by atoms with Crippen LogP contribution in [0, 0.1) is 13.8 Å². The number of carbonyl (C=O) groups excluding carboxylic acids is 2. The number of esters is 1. The number of ether oxygens (including phenoxy) is 2. The molecule has 0 radical (unpaired) electrons. The first-order valence-corrected chi connectivity index (χ1v) is 8.56. The molecule has 7 heteroatoms. The van der Waals surface area contributed by atoms with Gasteiger partial charge in [-0.25, -0.2) is 4.79 Å². The molecule has 5 nitrogen and oxygen atoms in total. The molecule has 2 rings (SSSR count). The molecule has 0 aliphatic heterocycles. The molecular formula is C18H17BrClNO4. The van der Waals surface area contributed by atoms with Gasteiger partial charge in [0.2, 0.25) is 0 Å². The smallest absolute Gasteiger partial charge is 0.339 e. The summed E-state index contributed by atoms with van der Waals surface area (Å²) in [5.41, 5.74) is 2.66. The van der Waals surface area contributed by atoms with Crippen LogP contribution in [-0.4, -0.2) is 25.6 Å². The average Bonchev–Trinajstić information content (AvgIpc) is 2.58. The quantitative estimate of drug-likeness (QED) is 0.714. The first-order chi connectivity index (χ1) is 11.8. The zero-order chi connectivity index (χ0) is 18.6. The number of amides is 1. The van der Waals surface area contributed by atoms with Gasteiger partial charge in [-0.3, -0.25) is 4.79 Å². The highest BCUT2D eigenvalue weighted by atomic mass is 79.9. The van der Waals surface area contributed by atoms with Crippen molar-refractivity contribution in [1.29, 1.82) is 0 Å². The molecule has 25 heavy (non-hydrogen) atoms. The van der Waals surface area contributed by atoms with Crippen molar-refractivity contribution in [2.75, 3.05) is 19.0 Å². The zero-order valence-electron chi connectivity index (χ0n) is 14.0. The van der Waals surface area contributed by atoms with Crippen LogP contribution in [0.15, 0.2) is 34.8 Å². The third kappa shape index (κ3) is 4.96. The Morgan fingerprint density at radius 1 is 1.16 bits per heavy atom. The Kier molecular flexibility index (Phi) is 6.45. The predicted molar refractivity (Wildman–Crippen MR) is 101 cm³/mol. The summed E-state index contributed by atoms with van der Waals surface area (Å²) in [6.07, 6.45) is 0. The lowest BCUT2D eigenvalue weighted by Gasteiger charge is -2.11. The highest BCUT2D eigenvalue weighted by Crippen LogP contribution is 2.26. The van der Waals surface area contributed by atoms with E-state index < -0.39 is 5.97 Å². The monoisotopic (exact) mass is 425 g/mol. The Balaban J connectivity index is 2.02. The van der Waals surface area contributed by atoms with E-state index in [1.807, 2.05) is 26.0 Å². The van der Waals surface area contributed by atoms with Crippen LogP contribution in [0.2, 0.25) is 5.02 Å². The van der Waals surface area contributed by atoms with Crippen LogP contribution in [0.25, 0.3) is 0 Å². The number of halogens is 2. The summed E-state index contributed by atoms with van der Waals surface area (Å²) in [4.78, 5) is 23.7. The Morgan fingerprint density at radius 2 is 1.80 bits per heavy atom. The van der Waals surface area contributed by atoms with Gasteiger partial charge >= 0.3 is 5.97 Å². The summed E-state index contributed by atoms with van der Waals surface area (Å²) in [7, 11) is 1.26. The van der Waals surface area contributed by atoms with Crippen molar-refractivity contribution >= 4 is 45.1 Å². The van der Waals surface area contributed by atoms with Crippen molar-refractivity contribution in [3.63, 3.8) is 0 Å². The van der Waals surface area contributed by atoms with E-state index in [0.717, 1.165) is 15.6 Å². The van der Waals surface area contributed by atoms with Gasteiger partial charge in [-0.05, 0) is 55.3 Å². The first-order valence-electron chi connectivity index (χ1n) is 7.39. The molecule has 0 bridgehead atoms. The summed E-state index contributed by atoms with van der Waals surface area (Å²) in [5.74, 6) is -0.311. The summed E-state index contributed by atoms with van der Waals surface area (Å²) < 4.78 is 11.2. The van der Waals surface area contributed by atoms with E-state index in [1.54, 1.807) is 6.07 Å². The van der Waals surface area contributed by atoms with Gasteiger partial charge in [0, 0.05) is 10.2 Å². The van der Waals surface area contributed by atoms with E-state index in [0.29, 0.717) is 11.4 Å². The fraction of sp³-hybridized carbons (Fsp3) is 0.222. The number of hydrogen-bond donors (Lipinski definition) is 1. The normalized spacial score (nSPS) is 10.3. The first kappa shape index (κ1) is 19.3. The molecule has 0 aromatic heterocycles. The Hall–Kier alpha value is -2.05. The maximum absolute atomic E-state index is 12.1. The van der Waals surface area contributed by atoms with Crippen molar-refractivity contribution in [3.05, 3.63) is 56.5 Å². The molecule has 0 fully saturated rings. The van der Waals surface area contributed by atoms with Crippen LogP contribution < -0.4 is 10.1 Å². The zero-order valence-corrected chi connectivity index (χ0v) is 16.3. The molecule has 1 N–H and O–H groups in total. The summed E-state index contributed by atoms with van der Waals surface area (Å²) in [6.45, 7) is 3.74. The Morgan fingerprint density at radius 3 is 2.40 bits per heavy atom. The van der Waals surface area contributed by atoms with E-state index in [1.165, 1.54) is 19.2 Å². The number of benzene rings is 2. The second-order valence-corrected chi connectivity index (χ2v) is 6.59. The van der Waals surface area contributed by atoms with Gasteiger partial charge < -0.3 is 14.8 Å². The highest BCUT2D eigenvalue weighted by molar-refractivity contribution is 9.10. The van der Waals surface area contributed by atoms with E-state index >= 15 is 0 Å². The molecule has 0 unspecified atom stereocenters. The predicted octanol–water partition coefficient (Wildman–Crippen LogP) is 4.52. The van der Waals surface area contributed by atoms with Crippen molar-refractivity contribution in [3.8, 4) is 5.75 Å². The van der Waals surface area contributed by atoms with Gasteiger partial charge in [0.15, 0.2) is 6.61 Å². The van der Waals surface area contributed by atoms with Gasteiger partial charge in [-0.1, -0.05) is 27.5 Å². The maximum atomic E-state index is 12.1. The Bertz CT molecular complexity index is 800. The summed E-state index contributed by atoms with van der Waals surface area (Å²) in [6, 6.07) is 8.27. The van der Waals surface area contributed by atoms with E-state index in [4.69, 9.17) is 16.3 Å². The largest absolute Gasteiger partial charge is 0.484 e. The molecule has 1 amide bonds. The van der Waals surface area contributed by atoms with Gasteiger partial charge in [-0.2, -0.15) is 0 Å². The van der Waals surface area contributed by atoms with Crippen LogP contribution in [0.1, 0.15) is 21.5 Å².